The zero-order valence-corrected chi connectivity index (χ0v) is 20.7. The van der Waals surface area contributed by atoms with Crippen LogP contribution in [0.25, 0.3) is 71.6 Å². The minimum Gasteiger partial charge on any atom is -0.354 e. The molecule has 0 amide bonds. The van der Waals surface area contributed by atoms with Crippen molar-refractivity contribution in [3.63, 3.8) is 0 Å². The Hall–Kier alpha value is -5.08. The minimum atomic E-state index is 1.16. The minimum absolute atomic E-state index is 1.16. The van der Waals surface area contributed by atoms with Crippen LogP contribution in [0.1, 0.15) is 0 Å². The second-order valence-corrected chi connectivity index (χ2v) is 9.87. The number of nitrogens with one attached hydrogen (secondary N) is 1. The van der Waals surface area contributed by atoms with Crippen LogP contribution in [0, 0.1) is 0 Å². The van der Waals surface area contributed by atoms with Gasteiger partial charge in [-0.05, 0) is 41.0 Å². The Bertz CT molecular complexity index is 2110. The summed E-state index contributed by atoms with van der Waals surface area (Å²) < 4.78 is 2.49. The van der Waals surface area contributed by atoms with Gasteiger partial charge in [0.15, 0.2) is 0 Å². The lowest BCUT2D eigenvalue weighted by molar-refractivity contribution is 1.19. The van der Waals surface area contributed by atoms with Crippen molar-refractivity contribution in [3.8, 4) is 27.9 Å². The van der Waals surface area contributed by atoms with Crippen molar-refractivity contribution >= 4 is 43.6 Å². The maximum atomic E-state index is 3.66. The summed E-state index contributed by atoms with van der Waals surface area (Å²) in [6.07, 6.45) is 0. The molecule has 178 valence electrons. The summed E-state index contributed by atoms with van der Waals surface area (Å²) >= 11 is 0. The lowest BCUT2D eigenvalue weighted by Crippen LogP contribution is -1.98. The zero-order valence-electron chi connectivity index (χ0n) is 20.7. The van der Waals surface area contributed by atoms with Crippen molar-refractivity contribution in [2.75, 3.05) is 0 Å². The molecule has 0 saturated heterocycles. The van der Waals surface area contributed by atoms with Gasteiger partial charge in [0, 0.05) is 38.1 Å². The van der Waals surface area contributed by atoms with Crippen LogP contribution in [0.4, 0.5) is 0 Å². The smallest absolute Gasteiger partial charge is 0.0641 e. The maximum absolute atomic E-state index is 3.66. The van der Waals surface area contributed by atoms with Crippen LogP contribution < -0.4 is 0 Å². The maximum Gasteiger partial charge on any atom is 0.0641 e. The van der Waals surface area contributed by atoms with E-state index in [0.717, 1.165) is 11.0 Å². The Morgan fingerprint density at radius 1 is 0.447 bits per heavy atom. The van der Waals surface area contributed by atoms with E-state index in [9.17, 15) is 0 Å². The highest BCUT2D eigenvalue weighted by Gasteiger charge is 2.20. The van der Waals surface area contributed by atoms with Crippen LogP contribution in [0.5, 0.6) is 0 Å². The van der Waals surface area contributed by atoms with Crippen molar-refractivity contribution < 1.29 is 0 Å². The molecule has 0 atom stereocenters. The van der Waals surface area contributed by atoms with Crippen molar-refractivity contribution in [3.05, 3.63) is 140 Å². The number of rotatable bonds is 3. The van der Waals surface area contributed by atoms with Gasteiger partial charge < -0.3 is 9.55 Å². The molecule has 1 N–H and O–H groups in total. The second-order valence-electron chi connectivity index (χ2n) is 9.87. The molecular weight excluding hydrogens is 460 g/mol. The summed E-state index contributed by atoms with van der Waals surface area (Å²) in [5.74, 6) is 0. The van der Waals surface area contributed by atoms with E-state index in [0.29, 0.717) is 0 Å². The summed E-state index contributed by atoms with van der Waals surface area (Å²) in [6, 6.07) is 50.2. The van der Waals surface area contributed by atoms with Crippen LogP contribution in [0.3, 0.4) is 0 Å². The molecule has 0 aliphatic rings. The van der Waals surface area contributed by atoms with Crippen molar-refractivity contribution in [1.29, 1.82) is 0 Å². The van der Waals surface area contributed by atoms with Crippen molar-refractivity contribution in [2.24, 2.45) is 0 Å². The lowest BCUT2D eigenvalue weighted by atomic mass is 9.97. The first kappa shape index (κ1) is 21.0. The van der Waals surface area contributed by atoms with Gasteiger partial charge in [0.2, 0.25) is 0 Å². The Balaban J connectivity index is 1.58. The third-order valence-electron chi connectivity index (χ3n) is 7.73. The first-order valence-electron chi connectivity index (χ1n) is 13.0. The predicted octanol–water partition coefficient (Wildman–Crippen LogP) is 9.75. The van der Waals surface area contributed by atoms with E-state index < -0.39 is 0 Å². The number of para-hydroxylation sites is 2. The summed E-state index contributed by atoms with van der Waals surface area (Å²) in [4.78, 5) is 3.66. The molecule has 8 aromatic rings. The molecule has 2 nitrogen and oxygen atoms in total. The largest absolute Gasteiger partial charge is 0.354 e. The van der Waals surface area contributed by atoms with E-state index in [2.05, 4.69) is 149 Å². The summed E-state index contributed by atoms with van der Waals surface area (Å²) in [6.45, 7) is 0. The standard InChI is InChI=1S/C36H24N2/c1-3-11-24(12-4-1)26-19-20-27(25-13-5-2-6-14-25)34(23-26)38-33-18-10-8-15-28(33)29-21-22-32-35(36(29)38)30-16-7-9-17-31(30)37-32/h1-23,37H. The molecule has 8 rings (SSSR count). The predicted molar refractivity (Wildman–Crippen MR) is 161 cm³/mol. The third-order valence-corrected chi connectivity index (χ3v) is 7.73. The van der Waals surface area contributed by atoms with Crippen molar-refractivity contribution in [2.45, 2.75) is 0 Å². The number of benzene rings is 6. The van der Waals surface area contributed by atoms with Gasteiger partial charge in [-0.15, -0.1) is 0 Å². The number of hydrogen-bond donors (Lipinski definition) is 1. The SMILES string of the molecule is c1ccc(-c2ccc(-c3ccccc3)c(-n3c4ccccc4c4ccc5[nH]c6ccccc6c5c43)c2)cc1. The summed E-state index contributed by atoms with van der Waals surface area (Å²) in [7, 11) is 0. The number of nitrogens with zero attached hydrogens (tertiary/aromatic N) is 1. The van der Waals surface area contributed by atoms with Gasteiger partial charge in [0.1, 0.15) is 0 Å². The van der Waals surface area contributed by atoms with E-state index in [1.54, 1.807) is 0 Å². The Kier molecular flexibility index (Phi) is 4.55. The van der Waals surface area contributed by atoms with Gasteiger partial charge in [0.25, 0.3) is 0 Å². The number of H-pyrrole nitrogens is 1. The molecule has 0 unspecified atom stereocenters. The average Bonchev–Trinajstić information content (AvgIpc) is 3.53. The molecule has 0 saturated carbocycles. The van der Waals surface area contributed by atoms with Crippen LogP contribution in [-0.4, -0.2) is 9.55 Å². The highest BCUT2D eigenvalue weighted by molar-refractivity contribution is 6.25. The van der Waals surface area contributed by atoms with Gasteiger partial charge in [-0.1, -0.05) is 115 Å². The average molecular weight is 485 g/mol. The van der Waals surface area contributed by atoms with Gasteiger partial charge in [-0.2, -0.15) is 0 Å². The fourth-order valence-electron chi connectivity index (χ4n) is 6.03. The van der Waals surface area contributed by atoms with E-state index in [1.165, 1.54) is 60.5 Å². The molecule has 0 fully saturated rings. The van der Waals surface area contributed by atoms with Crippen LogP contribution in [0.2, 0.25) is 0 Å². The van der Waals surface area contributed by atoms with Crippen LogP contribution in [0.15, 0.2) is 140 Å². The molecule has 0 radical (unpaired) electrons. The van der Waals surface area contributed by atoms with Crippen LogP contribution in [-0.2, 0) is 0 Å². The topological polar surface area (TPSA) is 20.7 Å². The molecule has 2 heterocycles. The summed E-state index contributed by atoms with van der Waals surface area (Å²) in [5.41, 5.74) is 10.8. The highest BCUT2D eigenvalue weighted by Crippen LogP contribution is 2.42. The fourth-order valence-corrected chi connectivity index (χ4v) is 6.03. The molecule has 0 spiro atoms. The molecule has 2 aromatic heterocycles. The molecular formula is C36H24N2. The van der Waals surface area contributed by atoms with Gasteiger partial charge in [0.05, 0.1) is 16.7 Å². The van der Waals surface area contributed by atoms with E-state index >= 15 is 0 Å². The van der Waals surface area contributed by atoms with Crippen LogP contribution >= 0.6 is 0 Å². The normalized spacial score (nSPS) is 11.7. The lowest BCUT2D eigenvalue weighted by Gasteiger charge is -2.17. The number of hydrogen-bond acceptors (Lipinski definition) is 0. The quantitative estimate of drug-likeness (QED) is 0.258. The molecule has 0 aliphatic carbocycles. The highest BCUT2D eigenvalue weighted by atomic mass is 15.0. The second kappa shape index (κ2) is 8.22. The molecule has 0 bridgehead atoms. The van der Waals surface area contributed by atoms with E-state index in [4.69, 9.17) is 0 Å². The molecule has 0 aliphatic heterocycles. The van der Waals surface area contributed by atoms with Gasteiger partial charge in [-0.3, -0.25) is 0 Å². The summed E-state index contributed by atoms with van der Waals surface area (Å²) in [5, 5.41) is 5.04. The van der Waals surface area contributed by atoms with Crippen molar-refractivity contribution in [1.82, 2.24) is 9.55 Å². The van der Waals surface area contributed by atoms with Gasteiger partial charge >= 0.3 is 0 Å². The Morgan fingerprint density at radius 3 is 1.95 bits per heavy atom. The first-order valence-corrected chi connectivity index (χ1v) is 13.0. The Labute approximate surface area is 220 Å². The zero-order chi connectivity index (χ0) is 25.1. The number of fused-ring (bicyclic) bond motifs is 7. The Morgan fingerprint density at radius 2 is 1.13 bits per heavy atom. The van der Waals surface area contributed by atoms with E-state index in [-0.39, 0.29) is 0 Å². The third kappa shape index (κ3) is 3.07. The first-order chi connectivity index (χ1) is 18.9. The molecule has 2 heteroatoms. The van der Waals surface area contributed by atoms with Gasteiger partial charge in [-0.25, -0.2) is 0 Å². The number of aromatic nitrogens is 2. The molecule has 38 heavy (non-hydrogen) atoms. The monoisotopic (exact) mass is 484 g/mol. The fraction of sp³-hybridized carbons (Fsp3) is 0. The number of aromatic amines is 1. The van der Waals surface area contributed by atoms with E-state index in [1.807, 2.05) is 0 Å². The molecule has 6 aromatic carbocycles.